The number of hydrogen-bond donors (Lipinski definition) is 2. The quantitative estimate of drug-likeness (QED) is 0.596. The Kier molecular flexibility index (Phi) is 4.01. The van der Waals surface area contributed by atoms with Crippen LogP contribution in [-0.2, 0) is 17.9 Å². The number of non-ortho nitro benzene ring substituents is 1. The van der Waals surface area contributed by atoms with Crippen LogP contribution in [0.4, 0.5) is 11.4 Å². The number of nitro benzene ring substituents is 1. The molecule has 0 aliphatic carbocycles. The largest absolute Gasteiger partial charge is 0.325 e. The average molecular weight is 276 g/mol. The van der Waals surface area contributed by atoms with Crippen LogP contribution in [0.5, 0.6) is 0 Å². The van der Waals surface area contributed by atoms with E-state index in [1.165, 1.54) is 28.9 Å². The molecule has 0 saturated carbocycles. The van der Waals surface area contributed by atoms with Crippen molar-refractivity contribution in [3.8, 4) is 0 Å². The van der Waals surface area contributed by atoms with E-state index in [2.05, 4.69) is 15.6 Å². The number of carbonyl (C=O) groups excluding carboxylic acids is 1. The van der Waals surface area contributed by atoms with Crippen molar-refractivity contribution in [3.05, 3.63) is 46.3 Å². The minimum Gasteiger partial charge on any atom is -0.325 e. The van der Waals surface area contributed by atoms with Crippen LogP contribution in [0.1, 0.15) is 5.69 Å². The lowest BCUT2D eigenvalue weighted by Gasteiger charge is -2.04. The third-order valence-corrected chi connectivity index (χ3v) is 2.46. The molecular weight excluding hydrogens is 264 g/mol. The molecule has 9 heteroatoms. The molecule has 0 aliphatic heterocycles. The first kappa shape index (κ1) is 13.6. The number of nitrogens with two attached hydrogens (primary N) is 1. The molecule has 0 spiro atoms. The third kappa shape index (κ3) is 3.36. The Labute approximate surface area is 113 Å². The molecule has 1 aromatic heterocycles. The number of nitro groups is 1. The molecule has 0 atom stereocenters. The van der Waals surface area contributed by atoms with E-state index in [0.717, 1.165) is 0 Å². The van der Waals surface area contributed by atoms with Crippen molar-refractivity contribution in [2.24, 2.45) is 5.73 Å². The lowest BCUT2D eigenvalue weighted by molar-refractivity contribution is -0.384. The number of hydrogen-bond acceptors (Lipinski definition) is 6. The summed E-state index contributed by atoms with van der Waals surface area (Å²) < 4.78 is 1.36. The summed E-state index contributed by atoms with van der Waals surface area (Å²) in [5, 5.41) is 20.6. The maximum Gasteiger partial charge on any atom is 0.269 e. The number of anilines is 1. The summed E-state index contributed by atoms with van der Waals surface area (Å²) in [6.45, 7) is 0.244. The Bertz CT molecular complexity index is 621. The second kappa shape index (κ2) is 5.89. The van der Waals surface area contributed by atoms with Gasteiger partial charge >= 0.3 is 0 Å². The monoisotopic (exact) mass is 276 g/mol. The number of nitrogens with one attached hydrogen (secondary N) is 1. The highest BCUT2D eigenvalue weighted by Gasteiger charge is 2.08. The molecule has 0 aliphatic rings. The standard InChI is InChI=1S/C11H12N6O3/c12-5-9-6-16(15-14-9)7-11(18)13-8-1-3-10(4-2-8)17(19)20/h1-4,6H,5,7,12H2,(H,13,18). The minimum absolute atomic E-state index is 0.00993. The fourth-order valence-corrected chi connectivity index (χ4v) is 1.52. The molecule has 104 valence electrons. The highest BCUT2D eigenvalue weighted by atomic mass is 16.6. The van der Waals surface area contributed by atoms with Crippen molar-refractivity contribution in [1.29, 1.82) is 0 Å². The number of rotatable bonds is 5. The SMILES string of the molecule is NCc1cn(CC(=O)Nc2ccc([N+](=O)[O-])cc2)nn1. The number of carbonyl (C=O) groups is 1. The van der Waals surface area contributed by atoms with E-state index in [1.807, 2.05) is 0 Å². The van der Waals surface area contributed by atoms with Crippen LogP contribution in [0.15, 0.2) is 30.5 Å². The normalized spacial score (nSPS) is 10.2. The van der Waals surface area contributed by atoms with Gasteiger partial charge in [-0.3, -0.25) is 14.9 Å². The van der Waals surface area contributed by atoms with E-state index in [9.17, 15) is 14.9 Å². The molecule has 0 fully saturated rings. The zero-order chi connectivity index (χ0) is 14.5. The van der Waals surface area contributed by atoms with Gasteiger partial charge in [0.1, 0.15) is 6.54 Å². The van der Waals surface area contributed by atoms with Gasteiger partial charge in [-0.2, -0.15) is 0 Å². The van der Waals surface area contributed by atoms with Crippen molar-refractivity contribution >= 4 is 17.3 Å². The summed E-state index contributed by atoms with van der Waals surface area (Å²) in [5.74, 6) is -0.313. The van der Waals surface area contributed by atoms with Crippen molar-refractivity contribution in [2.45, 2.75) is 13.1 Å². The second-order valence-electron chi connectivity index (χ2n) is 3.96. The van der Waals surface area contributed by atoms with Crippen LogP contribution in [0, 0.1) is 10.1 Å². The van der Waals surface area contributed by atoms with Crippen LogP contribution in [-0.4, -0.2) is 25.8 Å². The summed E-state index contributed by atoms with van der Waals surface area (Å²) in [7, 11) is 0. The lowest BCUT2D eigenvalue weighted by atomic mass is 10.3. The molecule has 9 nitrogen and oxygen atoms in total. The Balaban J connectivity index is 1.95. The van der Waals surface area contributed by atoms with Crippen LogP contribution in [0.2, 0.25) is 0 Å². The van der Waals surface area contributed by atoms with Crippen molar-refractivity contribution < 1.29 is 9.72 Å². The number of aromatic nitrogens is 3. The van der Waals surface area contributed by atoms with Gasteiger partial charge in [-0.15, -0.1) is 5.10 Å². The summed E-state index contributed by atoms with van der Waals surface area (Å²) in [5.41, 5.74) is 6.41. The molecule has 0 bridgehead atoms. The first-order valence-corrected chi connectivity index (χ1v) is 5.72. The molecule has 0 unspecified atom stereocenters. The van der Waals surface area contributed by atoms with Crippen LogP contribution in [0.3, 0.4) is 0 Å². The van der Waals surface area contributed by atoms with Gasteiger partial charge < -0.3 is 11.1 Å². The fraction of sp³-hybridized carbons (Fsp3) is 0.182. The highest BCUT2D eigenvalue weighted by Crippen LogP contribution is 2.15. The van der Waals surface area contributed by atoms with Gasteiger partial charge in [-0.25, -0.2) is 4.68 Å². The molecule has 2 aromatic rings. The van der Waals surface area contributed by atoms with E-state index < -0.39 is 4.92 Å². The van der Waals surface area contributed by atoms with E-state index in [1.54, 1.807) is 6.20 Å². The molecule has 3 N–H and O–H groups in total. The molecule has 1 aromatic carbocycles. The first-order valence-electron chi connectivity index (χ1n) is 5.72. The number of benzene rings is 1. The second-order valence-corrected chi connectivity index (χ2v) is 3.96. The fourth-order valence-electron chi connectivity index (χ4n) is 1.52. The molecule has 0 saturated heterocycles. The van der Waals surface area contributed by atoms with Gasteiger partial charge in [0.2, 0.25) is 5.91 Å². The van der Waals surface area contributed by atoms with Crippen LogP contribution < -0.4 is 11.1 Å². The number of nitrogens with zero attached hydrogens (tertiary/aromatic N) is 4. The van der Waals surface area contributed by atoms with Gasteiger partial charge in [0.05, 0.1) is 16.8 Å². The summed E-state index contributed by atoms with van der Waals surface area (Å²) in [4.78, 5) is 21.7. The molecule has 1 amide bonds. The van der Waals surface area contributed by atoms with Crippen molar-refractivity contribution in [1.82, 2.24) is 15.0 Å². The zero-order valence-corrected chi connectivity index (χ0v) is 10.4. The molecule has 20 heavy (non-hydrogen) atoms. The summed E-state index contributed by atoms with van der Waals surface area (Å²) >= 11 is 0. The van der Waals surface area contributed by atoms with Gasteiger partial charge in [0, 0.05) is 24.4 Å². The van der Waals surface area contributed by atoms with Crippen LogP contribution >= 0.6 is 0 Å². The van der Waals surface area contributed by atoms with Crippen molar-refractivity contribution in [3.63, 3.8) is 0 Å². The van der Waals surface area contributed by atoms with Gasteiger partial charge in [-0.1, -0.05) is 5.21 Å². The van der Waals surface area contributed by atoms with E-state index in [-0.39, 0.29) is 24.7 Å². The Morgan fingerprint density at radius 1 is 1.40 bits per heavy atom. The lowest BCUT2D eigenvalue weighted by Crippen LogP contribution is -2.19. The molecule has 1 heterocycles. The topological polar surface area (TPSA) is 129 Å². The predicted molar refractivity (Wildman–Crippen MR) is 69.6 cm³/mol. The van der Waals surface area contributed by atoms with Crippen LogP contribution in [0.25, 0.3) is 0 Å². The summed E-state index contributed by atoms with van der Waals surface area (Å²) in [6.07, 6.45) is 1.58. The Hall–Kier alpha value is -2.81. The van der Waals surface area contributed by atoms with E-state index in [0.29, 0.717) is 11.4 Å². The molecule has 0 radical (unpaired) electrons. The van der Waals surface area contributed by atoms with Crippen molar-refractivity contribution in [2.75, 3.05) is 5.32 Å². The maximum atomic E-state index is 11.7. The molecular formula is C11H12N6O3. The predicted octanol–water partition coefficient (Wildman–Crippen LogP) is 0.284. The maximum absolute atomic E-state index is 11.7. The third-order valence-electron chi connectivity index (χ3n) is 2.46. The van der Waals surface area contributed by atoms with Gasteiger partial charge in [-0.05, 0) is 12.1 Å². The first-order chi connectivity index (χ1) is 9.58. The Morgan fingerprint density at radius 2 is 2.10 bits per heavy atom. The summed E-state index contributed by atoms with van der Waals surface area (Å²) in [6, 6.07) is 5.56. The van der Waals surface area contributed by atoms with E-state index >= 15 is 0 Å². The highest BCUT2D eigenvalue weighted by molar-refractivity contribution is 5.90. The smallest absolute Gasteiger partial charge is 0.269 e. The average Bonchev–Trinajstić information content (AvgIpc) is 2.86. The van der Waals surface area contributed by atoms with Gasteiger partial charge in [0.25, 0.3) is 5.69 Å². The van der Waals surface area contributed by atoms with E-state index in [4.69, 9.17) is 5.73 Å². The van der Waals surface area contributed by atoms with Gasteiger partial charge in [0.15, 0.2) is 0 Å². The minimum atomic E-state index is -0.505. The molecule has 2 rings (SSSR count). The zero-order valence-electron chi connectivity index (χ0n) is 10.4. The number of amides is 1. The Morgan fingerprint density at radius 3 is 2.65 bits per heavy atom.